The summed E-state index contributed by atoms with van der Waals surface area (Å²) in [6.45, 7) is 0.762. The van der Waals surface area contributed by atoms with Gasteiger partial charge in [-0.3, -0.25) is 4.40 Å². The molecule has 7 heteroatoms. The number of nitrogens with zero attached hydrogens (tertiary/aromatic N) is 4. The normalized spacial score (nSPS) is 11.0. The van der Waals surface area contributed by atoms with E-state index in [4.69, 9.17) is 5.73 Å². The van der Waals surface area contributed by atoms with E-state index in [0.717, 1.165) is 23.8 Å². The summed E-state index contributed by atoms with van der Waals surface area (Å²) in [5.74, 6) is 1.23. The molecule has 0 amide bonds. The number of aromatic nitrogens is 4. The van der Waals surface area contributed by atoms with Crippen LogP contribution in [-0.2, 0) is 6.54 Å². The van der Waals surface area contributed by atoms with Gasteiger partial charge in [0.05, 0.1) is 24.1 Å². The minimum atomic E-state index is 0.408. The van der Waals surface area contributed by atoms with Crippen molar-refractivity contribution in [1.82, 2.24) is 19.4 Å². The maximum atomic E-state index is 5.85. The summed E-state index contributed by atoms with van der Waals surface area (Å²) < 4.78 is 1.90. The van der Waals surface area contributed by atoms with Crippen molar-refractivity contribution in [3.8, 4) is 11.4 Å². The molecule has 114 valence electrons. The molecule has 0 bridgehead atoms. The Morgan fingerprint density at radius 2 is 2.13 bits per heavy atom. The van der Waals surface area contributed by atoms with E-state index in [-0.39, 0.29) is 0 Å². The van der Waals surface area contributed by atoms with Crippen LogP contribution >= 0.6 is 11.3 Å². The van der Waals surface area contributed by atoms with Gasteiger partial charge in [0, 0.05) is 17.3 Å². The fourth-order valence-electron chi connectivity index (χ4n) is 2.40. The molecule has 0 aromatic carbocycles. The molecule has 0 saturated heterocycles. The van der Waals surface area contributed by atoms with Gasteiger partial charge < -0.3 is 11.1 Å². The first-order valence-corrected chi connectivity index (χ1v) is 8.00. The maximum Gasteiger partial charge on any atom is 0.180 e. The molecule has 0 atom stereocenters. The first kappa shape index (κ1) is 13.7. The van der Waals surface area contributed by atoms with Gasteiger partial charge in [0.15, 0.2) is 11.5 Å². The van der Waals surface area contributed by atoms with Crippen LogP contribution in [0.15, 0.2) is 54.3 Å². The minimum absolute atomic E-state index is 0.408. The number of hydrogen-bond acceptors (Lipinski definition) is 6. The molecule has 0 aliphatic carbocycles. The minimum Gasteiger partial charge on any atom is -0.381 e. The molecule has 0 unspecified atom stereocenters. The highest BCUT2D eigenvalue weighted by Crippen LogP contribution is 2.22. The highest BCUT2D eigenvalue weighted by Gasteiger charge is 2.10. The molecule has 4 aromatic heterocycles. The first-order chi connectivity index (χ1) is 11.3. The van der Waals surface area contributed by atoms with Crippen molar-refractivity contribution in [3.63, 3.8) is 0 Å². The summed E-state index contributed by atoms with van der Waals surface area (Å²) in [7, 11) is 0. The van der Waals surface area contributed by atoms with Crippen LogP contribution in [0.5, 0.6) is 0 Å². The Balaban J connectivity index is 1.66. The van der Waals surface area contributed by atoms with Crippen LogP contribution in [-0.4, -0.2) is 19.4 Å². The summed E-state index contributed by atoms with van der Waals surface area (Å²) in [6, 6.07) is 10.0. The van der Waals surface area contributed by atoms with E-state index in [1.54, 1.807) is 23.7 Å². The van der Waals surface area contributed by atoms with E-state index in [2.05, 4.69) is 31.7 Å². The summed E-state index contributed by atoms with van der Waals surface area (Å²) in [5.41, 5.74) is 8.21. The molecule has 0 fully saturated rings. The maximum absolute atomic E-state index is 5.85. The summed E-state index contributed by atoms with van der Waals surface area (Å²) in [6.07, 6.45) is 5.26. The fourth-order valence-corrected chi connectivity index (χ4v) is 3.04. The van der Waals surface area contributed by atoms with Crippen molar-refractivity contribution in [2.45, 2.75) is 6.54 Å². The second kappa shape index (κ2) is 5.69. The average Bonchev–Trinajstić information content (AvgIpc) is 3.23. The monoisotopic (exact) mass is 322 g/mol. The Labute approximate surface area is 136 Å². The standard InChI is InChI=1S/C16H14N6S/c17-15-16-20-10-13(22(16)7-6-18-15)12-4-1-5-14(21-12)19-9-11-3-2-8-23-11/h1-8,10H,9H2,(H2,17,18)(H,19,21). The van der Waals surface area contributed by atoms with Crippen LogP contribution in [0, 0.1) is 0 Å². The first-order valence-electron chi connectivity index (χ1n) is 7.12. The van der Waals surface area contributed by atoms with Gasteiger partial charge in [0.1, 0.15) is 5.82 Å². The van der Waals surface area contributed by atoms with Crippen LogP contribution < -0.4 is 11.1 Å². The van der Waals surface area contributed by atoms with E-state index in [1.807, 2.05) is 34.9 Å². The van der Waals surface area contributed by atoms with E-state index in [9.17, 15) is 0 Å². The largest absolute Gasteiger partial charge is 0.381 e. The van der Waals surface area contributed by atoms with Crippen molar-refractivity contribution < 1.29 is 0 Å². The molecule has 0 aliphatic rings. The van der Waals surface area contributed by atoms with E-state index in [1.165, 1.54) is 4.88 Å². The van der Waals surface area contributed by atoms with Gasteiger partial charge in [0.25, 0.3) is 0 Å². The highest BCUT2D eigenvalue weighted by molar-refractivity contribution is 7.09. The predicted octanol–water partition coefficient (Wildman–Crippen LogP) is 3.05. The fraction of sp³-hybridized carbons (Fsp3) is 0.0625. The summed E-state index contributed by atoms with van der Waals surface area (Å²) >= 11 is 1.72. The van der Waals surface area contributed by atoms with Crippen LogP contribution in [0.2, 0.25) is 0 Å². The molecule has 0 spiro atoms. The Hall–Kier alpha value is -2.93. The van der Waals surface area contributed by atoms with Crippen LogP contribution in [0.3, 0.4) is 0 Å². The number of thiophene rings is 1. The zero-order chi connectivity index (χ0) is 15.6. The van der Waals surface area contributed by atoms with E-state index < -0.39 is 0 Å². The SMILES string of the molecule is Nc1nccn2c(-c3cccc(NCc4cccs4)n3)cnc12. The van der Waals surface area contributed by atoms with Crippen LogP contribution in [0.4, 0.5) is 11.6 Å². The summed E-state index contributed by atoms with van der Waals surface area (Å²) in [5, 5.41) is 5.41. The Bertz CT molecular complexity index is 944. The number of pyridine rings is 1. The molecule has 3 N–H and O–H groups in total. The number of nitrogens with two attached hydrogens (primary N) is 1. The highest BCUT2D eigenvalue weighted by atomic mass is 32.1. The third kappa shape index (κ3) is 2.62. The quantitative estimate of drug-likeness (QED) is 0.603. The lowest BCUT2D eigenvalue weighted by molar-refractivity contribution is 1.11. The Morgan fingerprint density at radius 1 is 1.17 bits per heavy atom. The van der Waals surface area contributed by atoms with Gasteiger partial charge >= 0.3 is 0 Å². The number of hydrogen-bond donors (Lipinski definition) is 2. The average molecular weight is 322 g/mol. The number of anilines is 2. The topological polar surface area (TPSA) is 81.1 Å². The van der Waals surface area contributed by atoms with E-state index in [0.29, 0.717) is 11.5 Å². The Morgan fingerprint density at radius 3 is 3.00 bits per heavy atom. The van der Waals surface area contributed by atoms with Crippen molar-refractivity contribution in [2.75, 3.05) is 11.1 Å². The number of nitrogens with one attached hydrogen (secondary N) is 1. The van der Waals surface area contributed by atoms with Gasteiger partial charge in [-0.25, -0.2) is 15.0 Å². The predicted molar refractivity (Wildman–Crippen MR) is 92.3 cm³/mol. The molecular formula is C16H14N6S. The van der Waals surface area contributed by atoms with Crippen molar-refractivity contribution in [1.29, 1.82) is 0 Å². The van der Waals surface area contributed by atoms with Crippen LogP contribution in [0.25, 0.3) is 17.0 Å². The zero-order valence-corrected chi connectivity index (χ0v) is 13.0. The second-order valence-electron chi connectivity index (χ2n) is 4.99. The van der Waals surface area contributed by atoms with Crippen molar-refractivity contribution in [3.05, 3.63) is 59.2 Å². The number of nitrogen functional groups attached to an aromatic ring is 1. The lowest BCUT2D eigenvalue weighted by Gasteiger charge is -2.07. The second-order valence-corrected chi connectivity index (χ2v) is 6.02. The van der Waals surface area contributed by atoms with Crippen molar-refractivity contribution >= 4 is 28.6 Å². The van der Waals surface area contributed by atoms with Gasteiger partial charge in [-0.05, 0) is 23.6 Å². The van der Waals surface area contributed by atoms with E-state index >= 15 is 0 Å². The van der Waals surface area contributed by atoms with Gasteiger partial charge in [-0.2, -0.15) is 0 Å². The molecule has 4 heterocycles. The molecule has 4 aromatic rings. The van der Waals surface area contributed by atoms with Gasteiger partial charge in [0.2, 0.25) is 0 Å². The Kier molecular flexibility index (Phi) is 3.39. The molecule has 4 rings (SSSR count). The third-order valence-electron chi connectivity index (χ3n) is 3.49. The zero-order valence-electron chi connectivity index (χ0n) is 12.2. The number of rotatable bonds is 4. The number of fused-ring (bicyclic) bond motifs is 1. The van der Waals surface area contributed by atoms with Gasteiger partial charge in [-0.15, -0.1) is 11.3 Å². The molecule has 23 heavy (non-hydrogen) atoms. The molecule has 0 aliphatic heterocycles. The summed E-state index contributed by atoms with van der Waals surface area (Å²) in [4.78, 5) is 14.3. The van der Waals surface area contributed by atoms with Crippen LogP contribution in [0.1, 0.15) is 4.88 Å². The van der Waals surface area contributed by atoms with Gasteiger partial charge in [-0.1, -0.05) is 12.1 Å². The lowest BCUT2D eigenvalue weighted by atomic mass is 10.3. The van der Waals surface area contributed by atoms with Crippen molar-refractivity contribution in [2.24, 2.45) is 0 Å². The lowest BCUT2D eigenvalue weighted by Crippen LogP contribution is -2.01. The third-order valence-corrected chi connectivity index (χ3v) is 4.37. The molecule has 0 saturated carbocycles. The number of imidazole rings is 1. The molecule has 6 nitrogen and oxygen atoms in total. The molecular weight excluding hydrogens is 308 g/mol. The molecule has 0 radical (unpaired) electrons. The smallest absolute Gasteiger partial charge is 0.180 e.